The molecule has 3 nitrogen and oxygen atoms in total. The lowest BCUT2D eigenvalue weighted by Crippen LogP contribution is -2.30. The molecule has 1 amide bonds. The lowest BCUT2D eigenvalue weighted by Gasteiger charge is -2.20. The van der Waals surface area contributed by atoms with Crippen LogP contribution in [0.25, 0.3) is 0 Å². The molecule has 1 N–H and O–H groups in total. The number of hydrogen-bond donors (Lipinski definition) is 1. The zero-order chi connectivity index (χ0) is 18.8. The van der Waals surface area contributed by atoms with Crippen molar-refractivity contribution in [1.82, 2.24) is 0 Å². The third kappa shape index (κ3) is 4.53. The molecule has 0 saturated carbocycles. The molecular weight excluding hydrogens is 331 g/mol. The number of halogens is 3. The number of ether oxygens (including phenoxy) is 1. The molecule has 0 saturated heterocycles. The normalized spacial score (nSPS) is 12.6. The lowest BCUT2D eigenvalue weighted by molar-refractivity contribution is -0.122. The van der Waals surface area contributed by atoms with Gasteiger partial charge in [0, 0.05) is 0 Å². The molecule has 2 aromatic carbocycles. The van der Waals surface area contributed by atoms with Crippen LogP contribution in [0.4, 0.5) is 18.9 Å². The van der Waals surface area contributed by atoms with Gasteiger partial charge < -0.3 is 10.1 Å². The summed E-state index contributed by atoms with van der Waals surface area (Å²) in [4.78, 5) is 12.1. The van der Waals surface area contributed by atoms with Gasteiger partial charge in [0.2, 0.25) is 0 Å². The fraction of sp³-hybridized carbons (Fsp3) is 0.316. The van der Waals surface area contributed by atoms with Crippen LogP contribution in [0.15, 0.2) is 36.4 Å². The average Bonchev–Trinajstić information content (AvgIpc) is 2.55. The van der Waals surface area contributed by atoms with Crippen LogP contribution < -0.4 is 10.1 Å². The summed E-state index contributed by atoms with van der Waals surface area (Å²) in [6.07, 6.45) is -0.951. The first-order valence-corrected chi connectivity index (χ1v) is 7.81. The Bertz CT molecular complexity index is 767. The van der Waals surface area contributed by atoms with Gasteiger partial charge in [-0.3, -0.25) is 4.79 Å². The Morgan fingerprint density at radius 1 is 1.00 bits per heavy atom. The third-order valence-electron chi connectivity index (χ3n) is 3.70. The molecule has 0 aromatic heterocycles. The van der Waals surface area contributed by atoms with E-state index >= 15 is 0 Å². The molecule has 2 rings (SSSR count). The molecule has 6 heteroatoms. The van der Waals surface area contributed by atoms with Crippen molar-refractivity contribution in [2.24, 2.45) is 0 Å². The molecule has 2 aromatic rings. The van der Waals surface area contributed by atoms with Gasteiger partial charge in [0.15, 0.2) is 23.6 Å². The zero-order valence-electron chi connectivity index (χ0n) is 14.5. The van der Waals surface area contributed by atoms with Crippen molar-refractivity contribution in [1.29, 1.82) is 0 Å². The minimum Gasteiger partial charge on any atom is -0.481 e. The highest BCUT2D eigenvalue weighted by Gasteiger charge is 2.20. The van der Waals surface area contributed by atoms with E-state index in [1.807, 2.05) is 12.1 Å². The Kier molecular flexibility index (Phi) is 5.40. The first-order chi connectivity index (χ1) is 11.6. The van der Waals surface area contributed by atoms with Crippen molar-refractivity contribution in [2.45, 2.75) is 39.2 Å². The minimum absolute atomic E-state index is 0.00823. The summed E-state index contributed by atoms with van der Waals surface area (Å²) >= 11 is 0. The van der Waals surface area contributed by atoms with Gasteiger partial charge in [-0.15, -0.1) is 0 Å². The van der Waals surface area contributed by atoms with Gasteiger partial charge in [-0.1, -0.05) is 32.9 Å². The summed E-state index contributed by atoms with van der Waals surface area (Å²) < 4.78 is 45.2. The standard InChI is InChI=1S/C19H20F3NO2/c1-11(25-13-7-5-12(6-8-13)19(2,3)4)18(24)23-15-10-9-14(20)16(21)17(15)22/h5-11H,1-4H3,(H,23,24)/t11-/m1/s1. The van der Waals surface area contributed by atoms with Crippen LogP contribution in [-0.4, -0.2) is 12.0 Å². The second-order valence-electron chi connectivity index (χ2n) is 6.75. The van der Waals surface area contributed by atoms with Crippen LogP contribution in [0.1, 0.15) is 33.3 Å². The predicted octanol–water partition coefficient (Wildman–Crippen LogP) is 4.81. The topological polar surface area (TPSA) is 38.3 Å². The van der Waals surface area contributed by atoms with Crippen molar-refractivity contribution in [3.05, 3.63) is 59.4 Å². The Morgan fingerprint density at radius 2 is 1.60 bits per heavy atom. The van der Waals surface area contributed by atoms with Crippen LogP contribution in [0.3, 0.4) is 0 Å². The summed E-state index contributed by atoms with van der Waals surface area (Å²) in [5, 5.41) is 2.19. The average molecular weight is 351 g/mol. The Morgan fingerprint density at radius 3 is 2.16 bits per heavy atom. The van der Waals surface area contributed by atoms with Crippen molar-refractivity contribution in [3.8, 4) is 5.75 Å². The molecule has 0 heterocycles. The van der Waals surface area contributed by atoms with Crippen LogP contribution in [0.5, 0.6) is 5.75 Å². The molecule has 134 valence electrons. The van der Waals surface area contributed by atoms with E-state index in [-0.39, 0.29) is 5.41 Å². The minimum atomic E-state index is -1.64. The third-order valence-corrected chi connectivity index (χ3v) is 3.70. The maximum Gasteiger partial charge on any atom is 0.265 e. The second kappa shape index (κ2) is 7.17. The van der Waals surface area contributed by atoms with Crippen LogP contribution in [-0.2, 0) is 10.2 Å². The summed E-state index contributed by atoms with van der Waals surface area (Å²) in [5.41, 5.74) is 0.661. The molecule has 1 atom stereocenters. The van der Waals surface area contributed by atoms with E-state index in [1.165, 1.54) is 6.92 Å². The summed E-state index contributed by atoms with van der Waals surface area (Å²) in [5.74, 6) is -4.61. The fourth-order valence-electron chi connectivity index (χ4n) is 2.15. The summed E-state index contributed by atoms with van der Waals surface area (Å²) in [6.45, 7) is 7.71. The maximum atomic E-state index is 13.6. The largest absolute Gasteiger partial charge is 0.481 e. The van der Waals surface area contributed by atoms with E-state index in [0.717, 1.165) is 17.7 Å². The number of carbonyl (C=O) groups is 1. The van der Waals surface area contributed by atoms with E-state index in [1.54, 1.807) is 12.1 Å². The number of anilines is 1. The summed E-state index contributed by atoms with van der Waals surface area (Å²) in [6, 6.07) is 8.97. The molecule has 0 aliphatic rings. The number of carbonyl (C=O) groups excluding carboxylic acids is 1. The molecule has 25 heavy (non-hydrogen) atoms. The van der Waals surface area contributed by atoms with Crippen LogP contribution >= 0.6 is 0 Å². The van der Waals surface area contributed by atoms with Gasteiger partial charge in [-0.25, -0.2) is 13.2 Å². The van der Waals surface area contributed by atoms with Crippen LogP contribution in [0.2, 0.25) is 0 Å². The number of benzene rings is 2. The lowest BCUT2D eigenvalue weighted by atomic mass is 9.87. The Balaban J connectivity index is 2.04. The van der Waals surface area contributed by atoms with Crippen molar-refractivity contribution >= 4 is 11.6 Å². The van der Waals surface area contributed by atoms with Gasteiger partial charge in [0.05, 0.1) is 5.69 Å². The smallest absolute Gasteiger partial charge is 0.265 e. The second-order valence-corrected chi connectivity index (χ2v) is 6.75. The van der Waals surface area contributed by atoms with Crippen LogP contribution in [0, 0.1) is 17.5 Å². The molecular formula is C19H20F3NO2. The van der Waals surface area contributed by atoms with E-state index in [2.05, 4.69) is 26.1 Å². The number of amides is 1. The first-order valence-electron chi connectivity index (χ1n) is 7.81. The highest BCUT2D eigenvalue weighted by atomic mass is 19.2. The molecule has 0 radical (unpaired) electrons. The maximum absolute atomic E-state index is 13.6. The SMILES string of the molecule is C[C@@H](Oc1ccc(C(C)(C)C)cc1)C(=O)Nc1ccc(F)c(F)c1F. The van der Waals surface area contributed by atoms with Gasteiger partial charge in [0.1, 0.15) is 5.75 Å². The zero-order valence-corrected chi connectivity index (χ0v) is 14.5. The van der Waals surface area contributed by atoms with Crippen molar-refractivity contribution in [3.63, 3.8) is 0 Å². The molecule has 0 unspecified atom stereocenters. The van der Waals surface area contributed by atoms with Crippen molar-refractivity contribution in [2.75, 3.05) is 5.32 Å². The van der Waals surface area contributed by atoms with Gasteiger partial charge >= 0.3 is 0 Å². The van der Waals surface area contributed by atoms with E-state index < -0.39 is 35.2 Å². The van der Waals surface area contributed by atoms with E-state index in [0.29, 0.717) is 5.75 Å². The Hall–Kier alpha value is -2.50. The molecule has 0 fully saturated rings. The first kappa shape index (κ1) is 18.8. The highest BCUT2D eigenvalue weighted by Crippen LogP contribution is 2.25. The van der Waals surface area contributed by atoms with Gasteiger partial charge in [-0.2, -0.15) is 0 Å². The van der Waals surface area contributed by atoms with Gasteiger partial charge in [-0.05, 0) is 42.2 Å². The highest BCUT2D eigenvalue weighted by molar-refractivity contribution is 5.94. The van der Waals surface area contributed by atoms with E-state index in [9.17, 15) is 18.0 Å². The number of nitrogens with one attached hydrogen (secondary N) is 1. The number of hydrogen-bond acceptors (Lipinski definition) is 2. The van der Waals surface area contributed by atoms with Crippen molar-refractivity contribution < 1.29 is 22.7 Å². The van der Waals surface area contributed by atoms with E-state index in [4.69, 9.17) is 4.74 Å². The molecule has 0 spiro atoms. The van der Waals surface area contributed by atoms with Gasteiger partial charge in [0.25, 0.3) is 5.91 Å². The quantitative estimate of drug-likeness (QED) is 0.803. The summed E-state index contributed by atoms with van der Waals surface area (Å²) in [7, 11) is 0. The Labute approximate surface area is 144 Å². The molecule has 0 bridgehead atoms. The molecule has 0 aliphatic heterocycles. The monoisotopic (exact) mass is 351 g/mol. The predicted molar refractivity (Wildman–Crippen MR) is 90.2 cm³/mol. The number of rotatable bonds is 4. The molecule has 0 aliphatic carbocycles. The fourth-order valence-corrected chi connectivity index (χ4v) is 2.15.